The fourth-order valence-corrected chi connectivity index (χ4v) is 3.50. The Morgan fingerprint density at radius 2 is 1.95 bits per heavy atom. The van der Waals surface area contributed by atoms with Gasteiger partial charge in [-0.05, 0) is 24.3 Å². The second kappa shape index (κ2) is 6.69. The summed E-state index contributed by atoms with van der Waals surface area (Å²) < 4.78 is 11.7. The topological polar surface area (TPSA) is 30.5 Å². The van der Waals surface area contributed by atoms with Crippen LogP contribution in [0.3, 0.4) is 0 Å². The molecule has 3 nitrogen and oxygen atoms in total. The predicted octanol–water partition coefficient (Wildman–Crippen LogP) is 3.76. The molecule has 0 spiro atoms. The van der Waals surface area contributed by atoms with E-state index in [1.54, 1.807) is 0 Å². The molecular weight excluding hydrogens is 262 g/mol. The largest absolute Gasteiger partial charge is 0.490 e. The summed E-state index contributed by atoms with van der Waals surface area (Å²) >= 11 is 0. The van der Waals surface area contributed by atoms with Gasteiger partial charge in [0.2, 0.25) is 0 Å². The van der Waals surface area contributed by atoms with Crippen molar-refractivity contribution in [3.05, 3.63) is 23.8 Å². The minimum atomic E-state index is 0.622. The molecule has 3 atom stereocenters. The molecule has 0 radical (unpaired) electrons. The first kappa shape index (κ1) is 14.7. The van der Waals surface area contributed by atoms with E-state index < -0.39 is 0 Å². The summed E-state index contributed by atoms with van der Waals surface area (Å²) in [6, 6.07) is 6.85. The SMILES string of the molecule is CC1CCCC(NCc2cccc3c2OCCCO3)C1C. The lowest BCUT2D eigenvalue weighted by Crippen LogP contribution is -2.40. The van der Waals surface area contributed by atoms with Crippen LogP contribution in [0.4, 0.5) is 0 Å². The normalized spacial score (nSPS) is 29.0. The van der Waals surface area contributed by atoms with Crippen molar-refractivity contribution in [2.24, 2.45) is 11.8 Å². The molecule has 1 aromatic carbocycles. The molecule has 1 aliphatic heterocycles. The third kappa shape index (κ3) is 3.34. The van der Waals surface area contributed by atoms with Crippen LogP contribution in [-0.2, 0) is 6.54 Å². The van der Waals surface area contributed by atoms with Gasteiger partial charge in [-0.1, -0.05) is 38.8 Å². The molecule has 0 saturated heterocycles. The molecule has 3 unspecified atom stereocenters. The number of benzene rings is 1. The van der Waals surface area contributed by atoms with Crippen LogP contribution in [0.2, 0.25) is 0 Å². The highest BCUT2D eigenvalue weighted by molar-refractivity contribution is 5.47. The Hall–Kier alpha value is -1.22. The van der Waals surface area contributed by atoms with E-state index in [1.807, 2.05) is 6.07 Å². The Labute approximate surface area is 128 Å². The number of hydrogen-bond acceptors (Lipinski definition) is 3. The first-order valence-electron chi connectivity index (χ1n) is 8.36. The van der Waals surface area contributed by atoms with Crippen molar-refractivity contribution in [3.8, 4) is 11.5 Å². The minimum Gasteiger partial charge on any atom is -0.490 e. The molecule has 1 saturated carbocycles. The van der Waals surface area contributed by atoms with Gasteiger partial charge < -0.3 is 14.8 Å². The molecule has 1 aliphatic carbocycles. The molecule has 3 heteroatoms. The van der Waals surface area contributed by atoms with Gasteiger partial charge in [-0.25, -0.2) is 0 Å². The van der Waals surface area contributed by atoms with E-state index in [9.17, 15) is 0 Å². The van der Waals surface area contributed by atoms with Crippen molar-refractivity contribution in [1.82, 2.24) is 5.32 Å². The maximum atomic E-state index is 5.90. The highest BCUT2D eigenvalue weighted by atomic mass is 16.5. The molecule has 2 aliphatic rings. The fraction of sp³-hybridized carbons (Fsp3) is 0.667. The number of fused-ring (bicyclic) bond motifs is 1. The molecule has 1 N–H and O–H groups in total. The van der Waals surface area contributed by atoms with E-state index in [4.69, 9.17) is 9.47 Å². The molecule has 0 bridgehead atoms. The van der Waals surface area contributed by atoms with Gasteiger partial charge in [0, 0.05) is 24.6 Å². The van der Waals surface area contributed by atoms with Gasteiger partial charge >= 0.3 is 0 Å². The predicted molar refractivity (Wildman–Crippen MR) is 84.9 cm³/mol. The second-order valence-electron chi connectivity index (χ2n) is 6.55. The lowest BCUT2D eigenvalue weighted by molar-refractivity contribution is 0.205. The zero-order valence-corrected chi connectivity index (χ0v) is 13.2. The molecule has 116 valence electrons. The van der Waals surface area contributed by atoms with E-state index >= 15 is 0 Å². The van der Waals surface area contributed by atoms with Gasteiger partial charge in [0.25, 0.3) is 0 Å². The standard InChI is InChI=1S/C18H27NO2/c1-13-6-3-8-16(14(13)2)19-12-15-7-4-9-17-18(15)21-11-5-10-20-17/h4,7,9,13-14,16,19H,3,5-6,8,10-12H2,1-2H3. The number of nitrogens with one attached hydrogen (secondary N) is 1. The average molecular weight is 289 g/mol. The van der Waals surface area contributed by atoms with Crippen LogP contribution < -0.4 is 14.8 Å². The van der Waals surface area contributed by atoms with Gasteiger partial charge in [0.05, 0.1) is 13.2 Å². The van der Waals surface area contributed by atoms with Crippen molar-refractivity contribution in [1.29, 1.82) is 0 Å². The quantitative estimate of drug-likeness (QED) is 0.919. The second-order valence-corrected chi connectivity index (χ2v) is 6.55. The monoisotopic (exact) mass is 289 g/mol. The van der Waals surface area contributed by atoms with Gasteiger partial charge in [-0.3, -0.25) is 0 Å². The molecule has 1 fully saturated rings. The summed E-state index contributed by atoms with van der Waals surface area (Å²) in [5.74, 6) is 3.41. The van der Waals surface area contributed by atoms with Crippen LogP contribution >= 0.6 is 0 Å². The van der Waals surface area contributed by atoms with Crippen molar-refractivity contribution in [3.63, 3.8) is 0 Å². The molecule has 0 amide bonds. The van der Waals surface area contributed by atoms with Crippen LogP contribution in [0.15, 0.2) is 18.2 Å². The molecule has 21 heavy (non-hydrogen) atoms. The fourth-order valence-electron chi connectivity index (χ4n) is 3.50. The molecule has 1 heterocycles. The highest BCUT2D eigenvalue weighted by Crippen LogP contribution is 2.34. The Kier molecular flexibility index (Phi) is 4.69. The first-order valence-corrected chi connectivity index (χ1v) is 8.36. The van der Waals surface area contributed by atoms with Crippen LogP contribution in [0.1, 0.15) is 45.1 Å². The lowest BCUT2D eigenvalue weighted by Gasteiger charge is -2.35. The summed E-state index contributed by atoms with van der Waals surface area (Å²) in [6.07, 6.45) is 4.96. The van der Waals surface area contributed by atoms with E-state index in [0.717, 1.165) is 49.5 Å². The van der Waals surface area contributed by atoms with Gasteiger partial charge in [-0.2, -0.15) is 0 Å². The molecule has 1 aromatic rings. The van der Waals surface area contributed by atoms with Crippen molar-refractivity contribution in [2.45, 2.75) is 52.1 Å². The maximum Gasteiger partial charge on any atom is 0.165 e. The Balaban J connectivity index is 1.68. The smallest absolute Gasteiger partial charge is 0.165 e. The number of hydrogen-bond donors (Lipinski definition) is 1. The van der Waals surface area contributed by atoms with Gasteiger partial charge in [0.15, 0.2) is 11.5 Å². The third-order valence-electron chi connectivity index (χ3n) is 5.11. The van der Waals surface area contributed by atoms with E-state index in [-0.39, 0.29) is 0 Å². The first-order chi connectivity index (χ1) is 10.3. The van der Waals surface area contributed by atoms with E-state index in [1.165, 1.54) is 24.8 Å². The van der Waals surface area contributed by atoms with Crippen LogP contribution in [-0.4, -0.2) is 19.3 Å². The zero-order chi connectivity index (χ0) is 14.7. The third-order valence-corrected chi connectivity index (χ3v) is 5.11. The summed E-state index contributed by atoms with van der Waals surface area (Å²) in [4.78, 5) is 0. The molecular formula is C18H27NO2. The summed E-state index contributed by atoms with van der Waals surface area (Å²) in [5.41, 5.74) is 1.22. The molecule has 3 rings (SSSR count). The zero-order valence-electron chi connectivity index (χ0n) is 13.2. The van der Waals surface area contributed by atoms with Crippen LogP contribution in [0.25, 0.3) is 0 Å². The summed E-state index contributed by atoms with van der Waals surface area (Å²) in [6.45, 7) is 7.13. The van der Waals surface area contributed by atoms with Crippen LogP contribution in [0.5, 0.6) is 11.5 Å². The minimum absolute atomic E-state index is 0.622. The van der Waals surface area contributed by atoms with Crippen molar-refractivity contribution < 1.29 is 9.47 Å². The summed E-state index contributed by atoms with van der Waals surface area (Å²) in [5, 5.41) is 3.75. The Morgan fingerprint density at radius 1 is 1.10 bits per heavy atom. The summed E-state index contributed by atoms with van der Waals surface area (Å²) in [7, 11) is 0. The van der Waals surface area contributed by atoms with Gasteiger partial charge in [-0.15, -0.1) is 0 Å². The van der Waals surface area contributed by atoms with Crippen molar-refractivity contribution in [2.75, 3.05) is 13.2 Å². The highest BCUT2D eigenvalue weighted by Gasteiger charge is 2.27. The van der Waals surface area contributed by atoms with Crippen molar-refractivity contribution >= 4 is 0 Å². The van der Waals surface area contributed by atoms with E-state index in [2.05, 4.69) is 31.3 Å². The van der Waals surface area contributed by atoms with Gasteiger partial charge in [0.1, 0.15) is 0 Å². The van der Waals surface area contributed by atoms with Crippen LogP contribution in [0, 0.1) is 11.8 Å². The number of para-hydroxylation sites is 1. The number of rotatable bonds is 3. The molecule has 0 aromatic heterocycles. The lowest BCUT2D eigenvalue weighted by atomic mass is 9.78. The average Bonchev–Trinajstić information content (AvgIpc) is 2.74. The number of ether oxygens (including phenoxy) is 2. The Bertz CT molecular complexity index is 474. The van der Waals surface area contributed by atoms with E-state index in [0.29, 0.717) is 6.04 Å². The maximum absolute atomic E-state index is 5.90. The Morgan fingerprint density at radius 3 is 2.86 bits per heavy atom.